The lowest BCUT2D eigenvalue weighted by Crippen LogP contribution is -2.42. The standard InChI is InChI=1S/C21H26N2O4/c1-6-22(17-9-7-8-15(2)12-17)21(25)14-23(16(3)24)18-10-11-19(26-4)20(13-18)27-5/h7-13H,6,14H2,1-5H3. The zero-order chi connectivity index (χ0) is 20.0. The van der Waals surface area contributed by atoms with Gasteiger partial charge in [0.1, 0.15) is 6.54 Å². The molecule has 0 heterocycles. The van der Waals surface area contributed by atoms with E-state index in [2.05, 4.69) is 0 Å². The Balaban J connectivity index is 2.29. The maximum atomic E-state index is 12.9. The van der Waals surface area contributed by atoms with Crippen LogP contribution in [0.5, 0.6) is 11.5 Å². The Kier molecular flexibility index (Phi) is 6.82. The molecule has 0 aliphatic heterocycles. The summed E-state index contributed by atoms with van der Waals surface area (Å²) in [7, 11) is 3.08. The highest BCUT2D eigenvalue weighted by molar-refractivity contribution is 6.03. The zero-order valence-corrected chi connectivity index (χ0v) is 16.5. The molecular weight excluding hydrogens is 344 g/mol. The number of hydrogen-bond donors (Lipinski definition) is 0. The van der Waals surface area contributed by atoms with E-state index in [9.17, 15) is 9.59 Å². The van der Waals surface area contributed by atoms with Gasteiger partial charge in [-0.15, -0.1) is 0 Å². The van der Waals surface area contributed by atoms with Gasteiger partial charge in [0.25, 0.3) is 0 Å². The lowest BCUT2D eigenvalue weighted by Gasteiger charge is -2.27. The number of amides is 2. The molecule has 0 unspecified atom stereocenters. The molecule has 2 aromatic rings. The van der Waals surface area contributed by atoms with Crippen molar-refractivity contribution in [2.75, 3.05) is 37.1 Å². The Morgan fingerprint density at radius 1 is 0.926 bits per heavy atom. The Morgan fingerprint density at radius 2 is 1.59 bits per heavy atom. The van der Waals surface area contributed by atoms with Gasteiger partial charge in [0, 0.05) is 30.9 Å². The van der Waals surface area contributed by atoms with E-state index in [1.54, 1.807) is 30.2 Å². The first kappa shape index (κ1) is 20.3. The van der Waals surface area contributed by atoms with Gasteiger partial charge in [-0.25, -0.2) is 0 Å². The second kappa shape index (κ2) is 9.07. The molecule has 0 saturated carbocycles. The fourth-order valence-electron chi connectivity index (χ4n) is 2.90. The van der Waals surface area contributed by atoms with Crippen LogP contribution in [0.15, 0.2) is 42.5 Å². The molecule has 6 nitrogen and oxygen atoms in total. The van der Waals surface area contributed by atoms with E-state index in [-0.39, 0.29) is 18.4 Å². The van der Waals surface area contributed by atoms with E-state index in [0.717, 1.165) is 11.3 Å². The first-order chi connectivity index (χ1) is 12.9. The lowest BCUT2D eigenvalue weighted by molar-refractivity contribution is -0.121. The van der Waals surface area contributed by atoms with Crippen LogP contribution in [0, 0.1) is 6.92 Å². The third-order valence-corrected chi connectivity index (χ3v) is 4.28. The number of anilines is 2. The molecule has 2 amide bonds. The summed E-state index contributed by atoms with van der Waals surface area (Å²) in [4.78, 5) is 28.3. The number of benzene rings is 2. The number of nitrogens with zero attached hydrogens (tertiary/aromatic N) is 2. The van der Waals surface area contributed by atoms with Crippen molar-refractivity contribution in [3.05, 3.63) is 48.0 Å². The van der Waals surface area contributed by atoms with E-state index in [1.807, 2.05) is 38.1 Å². The number of carbonyl (C=O) groups is 2. The minimum atomic E-state index is -0.226. The predicted octanol–water partition coefficient (Wildman–Crippen LogP) is 3.42. The molecule has 2 rings (SSSR count). The molecule has 27 heavy (non-hydrogen) atoms. The molecule has 0 radical (unpaired) electrons. The van der Waals surface area contributed by atoms with Crippen LogP contribution in [0.3, 0.4) is 0 Å². The SMILES string of the molecule is CCN(C(=O)CN(C(C)=O)c1ccc(OC)c(OC)c1)c1cccc(C)c1. The first-order valence-electron chi connectivity index (χ1n) is 8.78. The fourth-order valence-corrected chi connectivity index (χ4v) is 2.90. The van der Waals surface area contributed by atoms with Crippen molar-refractivity contribution in [2.45, 2.75) is 20.8 Å². The Hall–Kier alpha value is -3.02. The van der Waals surface area contributed by atoms with Gasteiger partial charge in [-0.3, -0.25) is 9.59 Å². The minimum absolute atomic E-state index is 0.0629. The molecule has 0 fully saturated rings. The Morgan fingerprint density at radius 3 is 2.15 bits per heavy atom. The van der Waals surface area contributed by atoms with E-state index < -0.39 is 0 Å². The average Bonchev–Trinajstić information content (AvgIpc) is 2.66. The summed E-state index contributed by atoms with van der Waals surface area (Å²) in [5.41, 5.74) is 2.47. The summed E-state index contributed by atoms with van der Waals surface area (Å²) in [6.45, 7) is 5.78. The molecular formula is C21H26N2O4. The number of methoxy groups -OCH3 is 2. The van der Waals surface area contributed by atoms with Crippen molar-refractivity contribution in [3.8, 4) is 11.5 Å². The molecule has 0 spiro atoms. The maximum Gasteiger partial charge on any atom is 0.247 e. The molecule has 144 valence electrons. The van der Waals surface area contributed by atoms with Gasteiger partial charge < -0.3 is 19.3 Å². The normalized spacial score (nSPS) is 10.3. The third-order valence-electron chi connectivity index (χ3n) is 4.28. The molecule has 0 aliphatic carbocycles. The summed E-state index contributed by atoms with van der Waals surface area (Å²) in [6, 6.07) is 12.9. The summed E-state index contributed by atoms with van der Waals surface area (Å²) in [6.07, 6.45) is 0. The van der Waals surface area contributed by atoms with Crippen LogP contribution in [0.2, 0.25) is 0 Å². The van der Waals surface area contributed by atoms with E-state index >= 15 is 0 Å². The van der Waals surface area contributed by atoms with Crippen LogP contribution in [0.4, 0.5) is 11.4 Å². The molecule has 0 atom stereocenters. The van der Waals surface area contributed by atoms with E-state index in [0.29, 0.717) is 23.7 Å². The van der Waals surface area contributed by atoms with Gasteiger partial charge in [-0.05, 0) is 43.7 Å². The number of ether oxygens (including phenoxy) is 2. The summed E-state index contributed by atoms with van der Waals surface area (Å²) < 4.78 is 10.5. The molecule has 6 heteroatoms. The quantitative estimate of drug-likeness (QED) is 0.749. The smallest absolute Gasteiger partial charge is 0.247 e. The summed E-state index contributed by atoms with van der Waals surface area (Å²) >= 11 is 0. The topological polar surface area (TPSA) is 59.1 Å². The van der Waals surface area contributed by atoms with Gasteiger partial charge >= 0.3 is 0 Å². The van der Waals surface area contributed by atoms with E-state index in [1.165, 1.54) is 18.9 Å². The Bertz CT molecular complexity index is 820. The van der Waals surface area contributed by atoms with Crippen LogP contribution in [-0.4, -0.2) is 39.1 Å². The van der Waals surface area contributed by atoms with Crippen molar-refractivity contribution in [1.82, 2.24) is 0 Å². The second-order valence-corrected chi connectivity index (χ2v) is 6.12. The number of aryl methyl sites for hydroxylation is 1. The summed E-state index contributed by atoms with van der Waals surface area (Å²) in [5, 5.41) is 0. The highest BCUT2D eigenvalue weighted by Crippen LogP contribution is 2.31. The largest absolute Gasteiger partial charge is 0.493 e. The second-order valence-electron chi connectivity index (χ2n) is 6.12. The van der Waals surface area contributed by atoms with Crippen molar-refractivity contribution in [2.24, 2.45) is 0 Å². The number of likely N-dealkylation sites (N-methyl/N-ethyl adjacent to an activating group) is 1. The predicted molar refractivity (Wildman–Crippen MR) is 107 cm³/mol. The lowest BCUT2D eigenvalue weighted by atomic mass is 10.2. The first-order valence-corrected chi connectivity index (χ1v) is 8.78. The molecule has 0 aromatic heterocycles. The van der Waals surface area contributed by atoms with Crippen LogP contribution in [-0.2, 0) is 9.59 Å². The molecule has 0 saturated heterocycles. The summed E-state index contributed by atoms with van der Waals surface area (Å²) in [5.74, 6) is 0.676. The zero-order valence-electron chi connectivity index (χ0n) is 16.5. The van der Waals surface area contributed by atoms with Gasteiger partial charge in [-0.1, -0.05) is 12.1 Å². The third kappa shape index (κ3) is 4.78. The molecule has 0 aliphatic rings. The number of carbonyl (C=O) groups excluding carboxylic acids is 2. The molecule has 0 bridgehead atoms. The van der Waals surface area contributed by atoms with Crippen LogP contribution in [0.1, 0.15) is 19.4 Å². The number of hydrogen-bond acceptors (Lipinski definition) is 4. The van der Waals surface area contributed by atoms with Crippen molar-refractivity contribution >= 4 is 23.2 Å². The van der Waals surface area contributed by atoms with Crippen molar-refractivity contribution in [1.29, 1.82) is 0 Å². The highest BCUT2D eigenvalue weighted by atomic mass is 16.5. The van der Waals surface area contributed by atoms with Crippen molar-refractivity contribution in [3.63, 3.8) is 0 Å². The minimum Gasteiger partial charge on any atom is -0.493 e. The Labute approximate surface area is 160 Å². The van der Waals surface area contributed by atoms with Gasteiger partial charge in [0.2, 0.25) is 11.8 Å². The van der Waals surface area contributed by atoms with Crippen molar-refractivity contribution < 1.29 is 19.1 Å². The van der Waals surface area contributed by atoms with Crippen LogP contribution >= 0.6 is 0 Å². The van der Waals surface area contributed by atoms with Crippen LogP contribution in [0.25, 0.3) is 0 Å². The van der Waals surface area contributed by atoms with Gasteiger partial charge in [0.15, 0.2) is 11.5 Å². The van der Waals surface area contributed by atoms with Crippen LogP contribution < -0.4 is 19.3 Å². The van der Waals surface area contributed by atoms with Gasteiger partial charge in [0.05, 0.1) is 14.2 Å². The number of rotatable bonds is 7. The molecule has 2 aromatic carbocycles. The monoisotopic (exact) mass is 370 g/mol. The maximum absolute atomic E-state index is 12.9. The molecule has 0 N–H and O–H groups in total. The fraction of sp³-hybridized carbons (Fsp3) is 0.333. The van der Waals surface area contributed by atoms with Gasteiger partial charge in [-0.2, -0.15) is 0 Å². The highest BCUT2D eigenvalue weighted by Gasteiger charge is 2.22. The average molecular weight is 370 g/mol. The van der Waals surface area contributed by atoms with E-state index in [4.69, 9.17) is 9.47 Å².